The fourth-order valence-electron chi connectivity index (χ4n) is 4.65. The molecule has 0 aromatic heterocycles. The summed E-state index contributed by atoms with van der Waals surface area (Å²) in [5.74, 6) is -0.723. The second-order valence-corrected chi connectivity index (χ2v) is 12.6. The predicted molar refractivity (Wildman–Crippen MR) is 150 cm³/mol. The molecule has 3 rings (SSSR count). The standard InChI is InChI=1S/C27H32Cl2F3N3O4S/c1-18(26(37)33-21-8-3-4-9-21)34(17-19-12-13-23(28)24(29)15-19)25(36)11-6-14-35(40(2,38)39)22-10-5-7-20(16-22)27(30,31)32/h5,7,10,12-13,15-16,18,21H,3-4,6,8-9,11,14,17H2,1-2H3,(H,33,37)/t18-/m1/s1. The molecule has 0 aliphatic heterocycles. The van der Waals surface area contributed by atoms with Gasteiger partial charge in [-0.1, -0.05) is 48.2 Å². The van der Waals surface area contributed by atoms with Gasteiger partial charge in [0.2, 0.25) is 21.8 Å². The molecule has 1 aliphatic carbocycles. The molecule has 1 N–H and O–H groups in total. The largest absolute Gasteiger partial charge is 0.416 e. The molecule has 7 nitrogen and oxygen atoms in total. The monoisotopic (exact) mass is 621 g/mol. The maximum atomic E-state index is 13.4. The minimum atomic E-state index is -4.64. The van der Waals surface area contributed by atoms with Gasteiger partial charge in [0.15, 0.2) is 0 Å². The number of alkyl halides is 3. The molecule has 2 amide bonds. The summed E-state index contributed by atoms with van der Waals surface area (Å²) < 4.78 is 65.3. The van der Waals surface area contributed by atoms with E-state index in [4.69, 9.17) is 23.2 Å². The summed E-state index contributed by atoms with van der Waals surface area (Å²) in [7, 11) is -3.95. The highest BCUT2D eigenvalue weighted by Crippen LogP contribution is 2.32. The van der Waals surface area contributed by atoms with Crippen molar-refractivity contribution in [2.24, 2.45) is 0 Å². The summed E-state index contributed by atoms with van der Waals surface area (Å²) in [6.07, 6.45) is -0.102. The van der Waals surface area contributed by atoms with E-state index in [1.165, 1.54) is 11.0 Å². The van der Waals surface area contributed by atoms with Crippen molar-refractivity contribution in [3.63, 3.8) is 0 Å². The van der Waals surface area contributed by atoms with Crippen molar-refractivity contribution >= 4 is 50.7 Å². The lowest BCUT2D eigenvalue weighted by molar-refractivity contribution is -0.141. The molecule has 1 saturated carbocycles. The molecule has 1 fully saturated rings. The van der Waals surface area contributed by atoms with Crippen LogP contribution in [0.25, 0.3) is 0 Å². The van der Waals surface area contributed by atoms with Crippen molar-refractivity contribution in [3.8, 4) is 0 Å². The van der Waals surface area contributed by atoms with Crippen LogP contribution in [0, 0.1) is 0 Å². The molecule has 0 spiro atoms. The summed E-state index contributed by atoms with van der Waals surface area (Å²) in [5.41, 5.74) is -0.489. The summed E-state index contributed by atoms with van der Waals surface area (Å²) >= 11 is 12.2. The zero-order chi connectivity index (χ0) is 29.7. The van der Waals surface area contributed by atoms with E-state index < -0.39 is 33.7 Å². The number of halogens is 5. The van der Waals surface area contributed by atoms with E-state index in [1.807, 2.05) is 0 Å². The van der Waals surface area contributed by atoms with E-state index in [9.17, 15) is 31.2 Å². The van der Waals surface area contributed by atoms with Gasteiger partial charge in [0.25, 0.3) is 0 Å². The van der Waals surface area contributed by atoms with Crippen LogP contribution in [0.1, 0.15) is 56.6 Å². The third-order valence-corrected chi connectivity index (χ3v) is 8.75. The van der Waals surface area contributed by atoms with Crippen LogP contribution in [-0.4, -0.2) is 50.0 Å². The first kappa shape index (κ1) is 32.0. The molecule has 0 saturated heterocycles. The molecular formula is C27H32Cl2F3N3O4S. The number of hydrogen-bond donors (Lipinski definition) is 1. The lowest BCUT2D eigenvalue weighted by Gasteiger charge is -2.30. The second-order valence-electron chi connectivity index (χ2n) is 9.92. The lowest BCUT2D eigenvalue weighted by Crippen LogP contribution is -2.49. The number of nitrogens with one attached hydrogen (secondary N) is 1. The molecule has 1 aliphatic rings. The fourth-order valence-corrected chi connectivity index (χ4v) is 5.93. The third-order valence-electron chi connectivity index (χ3n) is 6.82. The first-order valence-corrected chi connectivity index (χ1v) is 15.5. The average molecular weight is 623 g/mol. The molecule has 13 heteroatoms. The molecule has 0 bridgehead atoms. The van der Waals surface area contributed by atoms with Gasteiger partial charge in [-0.3, -0.25) is 13.9 Å². The van der Waals surface area contributed by atoms with Crippen LogP contribution in [0.2, 0.25) is 10.0 Å². The minimum absolute atomic E-state index is 0.0109. The highest BCUT2D eigenvalue weighted by Gasteiger charge is 2.32. The Morgan fingerprint density at radius 2 is 1.75 bits per heavy atom. The Bertz CT molecular complexity index is 1320. The first-order chi connectivity index (χ1) is 18.7. The van der Waals surface area contributed by atoms with Crippen LogP contribution in [0.5, 0.6) is 0 Å². The Balaban J connectivity index is 1.76. The Labute approximate surface area is 242 Å². The number of amides is 2. The van der Waals surface area contributed by atoms with Crippen molar-refractivity contribution in [1.29, 1.82) is 0 Å². The lowest BCUT2D eigenvalue weighted by atomic mass is 10.1. The maximum absolute atomic E-state index is 13.4. The topological polar surface area (TPSA) is 86.8 Å². The number of rotatable bonds is 11. The number of benzene rings is 2. The van der Waals surface area contributed by atoms with Gasteiger partial charge in [0, 0.05) is 25.6 Å². The third kappa shape index (κ3) is 8.75. The molecule has 0 radical (unpaired) electrons. The molecule has 0 heterocycles. The van der Waals surface area contributed by atoms with E-state index >= 15 is 0 Å². The Morgan fingerprint density at radius 1 is 1.07 bits per heavy atom. The van der Waals surface area contributed by atoms with Gasteiger partial charge in [-0.05, 0) is 62.1 Å². The van der Waals surface area contributed by atoms with Crippen LogP contribution in [-0.2, 0) is 32.3 Å². The molecule has 40 heavy (non-hydrogen) atoms. The highest BCUT2D eigenvalue weighted by molar-refractivity contribution is 7.92. The van der Waals surface area contributed by atoms with Crippen molar-refractivity contribution in [1.82, 2.24) is 10.2 Å². The van der Waals surface area contributed by atoms with Crippen LogP contribution < -0.4 is 9.62 Å². The van der Waals surface area contributed by atoms with Gasteiger partial charge in [-0.25, -0.2) is 8.42 Å². The van der Waals surface area contributed by atoms with Crippen molar-refractivity contribution in [2.45, 2.75) is 70.3 Å². The van der Waals surface area contributed by atoms with Crippen molar-refractivity contribution < 1.29 is 31.2 Å². The smallest absolute Gasteiger partial charge is 0.352 e. The van der Waals surface area contributed by atoms with Gasteiger partial charge in [0.1, 0.15) is 6.04 Å². The Hall–Kier alpha value is -2.50. The molecule has 220 valence electrons. The van der Waals surface area contributed by atoms with Gasteiger partial charge >= 0.3 is 6.18 Å². The number of hydrogen-bond acceptors (Lipinski definition) is 4. The zero-order valence-electron chi connectivity index (χ0n) is 22.2. The van der Waals surface area contributed by atoms with E-state index in [0.29, 0.717) is 15.6 Å². The van der Waals surface area contributed by atoms with E-state index in [0.717, 1.165) is 54.4 Å². The van der Waals surface area contributed by atoms with Crippen LogP contribution >= 0.6 is 23.2 Å². The SMILES string of the molecule is C[C@H](C(=O)NC1CCCC1)N(Cc1ccc(Cl)c(Cl)c1)C(=O)CCCN(c1cccc(C(F)(F)F)c1)S(C)(=O)=O. The van der Waals surface area contributed by atoms with Crippen LogP contribution in [0.4, 0.5) is 18.9 Å². The van der Waals surface area contributed by atoms with E-state index in [1.54, 1.807) is 25.1 Å². The number of carbonyl (C=O) groups excluding carboxylic acids is 2. The molecule has 2 aromatic carbocycles. The number of nitrogens with zero attached hydrogens (tertiary/aromatic N) is 2. The molecule has 2 aromatic rings. The maximum Gasteiger partial charge on any atom is 0.416 e. The van der Waals surface area contributed by atoms with E-state index in [-0.39, 0.29) is 43.6 Å². The minimum Gasteiger partial charge on any atom is -0.352 e. The number of anilines is 1. The average Bonchev–Trinajstić information content (AvgIpc) is 3.38. The van der Waals surface area contributed by atoms with Gasteiger partial charge in [-0.15, -0.1) is 0 Å². The molecular weight excluding hydrogens is 590 g/mol. The van der Waals surface area contributed by atoms with Crippen LogP contribution in [0.15, 0.2) is 42.5 Å². The van der Waals surface area contributed by atoms with Crippen molar-refractivity contribution in [3.05, 3.63) is 63.6 Å². The van der Waals surface area contributed by atoms with Crippen molar-refractivity contribution in [2.75, 3.05) is 17.1 Å². The molecule has 1 atom stereocenters. The number of carbonyl (C=O) groups is 2. The second kappa shape index (κ2) is 13.4. The molecule has 0 unspecified atom stereocenters. The summed E-state index contributed by atoms with van der Waals surface area (Å²) in [5, 5.41) is 3.62. The summed E-state index contributed by atoms with van der Waals surface area (Å²) in [6.45, 7) is 1.44. The first-order valence-electron chi connectivity index (χ1n) is 12.9. The van der Waals surface area contributed by atoms with Gasteiger partial charge in [-0.2, -0.15) is 13.2 Å². The fraction of sp³-hybridized carbons (Fsp3) is 0.481. The highest BCUT2D eigenvalue weighted by atomic mass is 35.5. The van der Waals surface area contributed by atoms with Gasteiger partial charge < -0.3 is 10.2 Å². The Kier molecular flexibility index (Phi) is 10.8. The normalized spacial score (nSPS) is 15.1. The predicted octanol–water partition coefficient (Wildman–Crippen LogP) is 6.03. The summed E-state index contributed by atoms with van der Waals surface area (Å²) in [6, 6.07) is 8.10. The zero-order valence-corrected chi connectivity index (χ0v) is 24.5. The van der Waals surface area contributed by atoms with Gasteiger partial charge in [0.05, 0.1) is 27.6 Å². The number of sulfonamides is 1. The van der Waals surface area contributed by atoms with E-state index in [2.05, 4.69) is 5.32 Å². The quantitative estimate of drug-likeness (QED) is 0.332. The summed E-state index contributed by atoms with van der Waals surface area (Å²) in [4.78, 5) is 27.8. The Morgan fingerprint density at radius 3 is 2.35 bits per heavy atom. The van der Waals surface area contributed by atoms with Crippen LogP contribution in [0.3, 0.4) is 0 Å².